The topological polar surface area (TPSA) is 125 Å². The van der Waals surface area contributed by atoms with E-state index in [-0.39, 0.29) is 5.91 Å². The van der Waals surface area contributed by atoms with Crippen molar-refractivity contribution in [1.82, 2.24) is 30.4 Å². The number of anilines is 4. The summed E-state index contributed by atoms with van der Waals surface area (Å²) in [7, 11) is 3.74. The maximum atomic E-state index is 12.9. The van der Waals surface area contributed by atoms with E-state index in [9.17, 15) is 4.79 Å². The van der Waals surface area contributed by atoms with Crippen LogP contribution in [0.4, 0.5) is 23.0 Å². The summed E-state index contributed by atoms with van der Waals surface area (Å²) in [5.41, 5.74) is 3.34. The fraction of sp³-hybridized carbons (Fsp3) is 0.0769. The van der Waals surface area contributed by atoms with Gasteiger partial charge in [-0.2, -0.15) is 10.2 Å². The van der Waals surface area contributed by atoms with Gasteiger partial charge in [0, 0.05) is 47.7 Å². The molecule has 0 fully saturated rings. The first kappa shape index (κ1) is 22.6. The molecular weight excluding hydrogens is 486 g/mol. The predicted octanol–water partition coefficient (Wildman–Crippen LogP) is 5.09. The number of hydrogen-bond donors (Lipinski definition) is 3. The van der Waals surface area contributed by atoms with Crippen LogP contribution in [-0.2, 0) is 0 Å². The summed E-state index contributed by atoms with van der Waals surface area (Å²) in [5.74, 6) is 1.74. The number of fused-ring (bicyclic) bond motifs is 2. The van der Waals surface area contributed by atoms with Gasteiger partial charge in [-0.05, 0) is 41.8 Å². The second-order valence-electron chi connectivity index (χ2n) is 8.58. The molecular formula is C26H21N9OS. The van der Waals surface area contributed by atoms with Gasteiger partial charge in [0.2, 0.25) is 0 Å². The van der Waals surface area contributed by atoms with Crippen LogP contribution in [0.1, 0.15) is 9.67 Å². The van der Waals surface area contributed by atoms with Gasteiger partial charge in [0.1, 0.15) is 5.82 Å². The number of H-pyrrole nitrogens is 1. The van der Waals surface area contributed by atoms with Crippen molar-refractivity contribution in [1.29, 1.82) is 0 Å². The van der Waals surface area contributed by atoms with E-state index in [2.05, 4.69) is 36.0 Å². The van der Waals surface area contributed by atoms with E-state index >= 15 is 0 Å². The van der Waals surface area contributed by atoms with E-state index < -0.39 is 0 Å². The Bertz CT molecular complexity index is 1760. The summed E-state index contributed by atoms with van der Waals surface area (Å²) in [6.45, 7) is 0. The van der Waals surface area contributed by atoms with Crippen LogP contribution in [0.3, 0.4) is 0 Å². The predicted molar refractivity (Wildman–Crippen MR) is 147 cm³/mol. The van der Waals surface area contributed by atoms with Crippen LogP contribution in [-0.4, -0.2) is 50.4 Å². The van der Waals surface area contributed by atoms with Crippen LogP contribution in [0.15, 0.2) is 73.2 Å². The van der Waals surface area contributed by atoms with Gasteiger partial charge >= 0.3 is 0 Å². The Morgan fingerprint density at radius 1 is 0.973 bits per heavy atom. The number of aromatic amines is 1. The van der Waals surface area contributed by atoms with Crippen LogP contribution >= 0.6 is 11.3 Å². The summed E-state index contributed by atoms with van der Waals surface area (Å²) in [6, 6.07) is 17.4. The first-order valence-electron chi connectivity index (χ1n) is 11.4. The van der Waals surface area contributed by atoms with Gasteiger partial charge in [-0.3, -0.25) is 9.89 Å². The lowest BCUT2D eigenvalue weighted by Crippen LogP contribution is -2.14. The maximum Gasteiger partial charge on any atom is 0.265 e. The first-order chi connectivity index (χ1) is 18.0. The number of carbonyl (C=O) groups excluding carboxylic acids is 1. The molecule has 2 aromatic carbocycles. The molecule has 182 valence electrons. The van der Waals surface area contributed by atoms with Gasteiger partial charge in [-0.1, -0.05) is 12.1 Å². The third-order valence-corrected chi connectivity index (χ3v) is 6.82. The summed E-state index contributed by atoms with van der Waals surface area (Å²) in [6.07, 6.45) is 5.04. The molecule has 0 spiro atoms. The second kappa shape index (κ2) is 9.28. The molecule has 10 nitrogen and oxygen atoms in total. The minimum Gasteiger partial charge on any atom is -0.361 e. The molecule has 3 N–H and O–H groups in total. The molecule has 0 unspecified atom stereocenters. The molecule has 11 heteroatoms. The smallest absolute Gasteiger partial charge is 0.265 e. The number of nitrogens with one attached hydrogen (secondary N) is 3. The van der Waals surface area contributed by atoms with Crippen LogP contribution in [0.25, 0.3) is 32.4 Å². The van der Waals surface area contributed by atoms with Gasteiger partial charge < -0.3 is 15.5 Å². The van der Waals surface area contributed by atoms with E-state index in [1.165, 1.54) is 17.5 Å². The molecule has 0 atom stereocenters. The molecule has 4 heterocycles. The third kappa shape index (κ3) is 4.67. The molecule has 4 aromatic heterocycles. The number of thiophene rings is 1. The molecule has 1 amide bonds. The molecule has 0 aliphatic carbocycles. The van der Waals surface area contributed by atoms with Crippen molar-refractivity contribution >= 4 is 61.2 Å². The van der Waals surface area contributed by atoms with Crippen molar-refractivity contribution in [2.45, 2.75) is 0 Å². The molecule has 0 saturated heterocycles. The first-order valence-corrected chi connectivity index (χ1v) is 12.2. The molecule has 0 radical (unpaired) electrons. The lowest BCUT2D eigenvalue weighted by atomic mass is 10.1. The zero-order chi connectivity index (χ0) is 25.4. The third-order valence-electron chi connectivity index (χ3n) is 5.73. The van der Waals surface area contributed by atoms with Crippen molar-refractivity contribution in [2.75, 3.05) is 29.6 Å². The van der Waals surface area contributed by atoms with Gasteiger partial charge in [0.05, 0.1) is 28.5 Å². The van der Waals surface area contributed by atoms with Gasteiger partial charge in [0.25, 0.3) is 5.91 Å². The number of benzene rings is 2. The van der Waals surface area contributed by atoms with E-state index in [1.54, 1.807) is 18.5 Å². The number of rotatable bonds is 6. The number of nitrogens with zero attached hydrogens (tertiary/aromatic N) is 6. The van der Waals surface area contributed by atoms with Crippen LogP contribution in [0.2, 0.25) is 0 Å². The molecule has 0 bridgehead atoms. The van der Waals surface area contributed by atoms with Crippen molar-refractivity contribution in [2.24, 2.45) is 0 Å². The van der Waals surface area contributed by atoms with Crippen LogP contribution in [0, 0.1) is 0 Å². The normalized spacial score (nSPS) is 11.1. The van der Waals surface area contributed by atoms with Gasteiger partial charge in [-0.15, -0.1) is 16.4 Å². The zero-order valence-electron chi connectivity index (χ0n) is 19.9. The van der Waals surface area contributed by atoms with Crippen molar-refractivity contribution in [3.63, 3.8) is 0 Å². The van der Waals surface area contributed by atoms with Gasteiger partial charge in [0.15, 0.2) is 11.6 Å². The Morgan fingerprint density at radius 2 is 1.89 bits per heavy atom. The molecule has 6 rings (SSSR count). The highest BCUT2D eigenvalue weighted by molar-refractivity contribution is 7.21. The summed E-state index contributed by atoms with van der Waals surface area (Å²) in [4.78, 5) is 24.5. The Labute approximate surface area is 215 Å². The Balaban J connectivity index is 1.23. The number of amides is 1. The number of aromatic nitrogens is 6. The fourth-order valence-corrected chi connectivity index (χ4v) is 4.85. The van der Waals surface area contributed by atoms with E-state index in [0.29, 0.717) is 28.0 Å². The zero-order valence-corrected chi connectivity index (χ0v) is 20.7. The molecule has 0 aliphatic heterocycles. The Hall–Kier alpha value is -4.90. The van der Waals surface area contributed by atoms with Crippen molar-refractivity contribution in [3.8, 4) is 11.4 Å². The quantitative estimate of drug-likeness (QED) is 0.285. The Kier molecular flexibility index (Phi) is 5.66. The largest absolute Gasteiger partial charge is 0.361 e. The monoisotopic (exact) mass is 507 g/mol. The maximum absolute atomic E-state index is 12.9. The van der Waals surface area contributed by atoms with Crippen molar-refractivity contribution in [3.05, 3.63) is 78.1 Å². The van der Waals surface area contributed by atoms with E-state index in [4.69, 9.17) is 4.98 Å². The lowest BCUT2D eigenvalue weighted by molar-refractivity contribution is 0.103. The molecule has 0 aliphatic rings. The van der Waals surface area contributed by atoms with E-state index in [1.807, 2.05) is 67.5 Å². The van der Waals surface area contributed by atoms with E-state index in [0.717, 1.165) is 32.2 Å². The Morgan fingerprint density at radius 3 is 2.78 bits per heavy atom. The summed E-state index contributed by atoms with van der Waals surface area (Å²) >= 11 is 1.41. The fourth-order valence-electron chi connectivity index (χ4n) is 3.85. The highest BCUT2D eigenvalue weighted by Gasteiger charge is 2.13. The molecule has 37 heavy (non-hydrogen) atoms. The molecule has 6 aromatic rings. The average molecular weight is 508 g/mol. The summed E-state index contributed by atoms with van der Waals surface area (Å²) in [5, 5.41) is 23.2. The lowest BCUT2D eigenvalue weighted by Gasteiger charge is -2.11. The number of hydrogen-bond acceptors (Lipinski definition) is 9. The van der Waals surface area contributed by atoms with Crippen molar-refractivity contribution < 1.29 is 4.79 Å². The minimum absolute atomic E-state index is 0.197. The second-order valence-corrected chi connectivity index (χ2v) is 9.66. The summed E-state index contributed by atoms with van der Waals surface area (Å²) < 4.78 is 0.969. The minimum atomic E-state index is -0.197. The SMILES string of the molecule is CN(C)c1cc(NC(=O)c2cc3ccc(-c4nccc(Nc5ccc6[nH]ncc6c5)n4)cc3s2)cnn1. The van der Waals surface area contributed by atoms with Crippen LogP contribution in [0.5, 0.6) is 0 Å². The highest BCUT2D eigenvalue weighted by atomic mass is 32.1. The van der Waals surface area contributed by atoms with Crippen LogP contribution < -0.4 is 15.5 Å². The average Bonchev–Trinajstić information content (AvgIpc) is 3.55. The molecule has 0 saturated carbocycles. The standard InChI is InChI=1S/C26H21N9OS/c1-35(2)24-12-19(14-29-34-24)31-26(36)22-10-15-3-4-16(11-21(15)37-22)25-27-8-7-23(32-25)30-18-5-6-20-17(9-18)13-28-33-20/h3-14H,1-2H3,(H,28,33)(H,27,30,32)(H,31,34,36). The highest BCUT2D eigenvalue weighted by Crippen LogP contribution is 2.30. The van der Waals surface area contributed by atoms with Gasteiger partial charge in [-0.25, -0.2) is 9.97 Å². The number of carbonyl (C=O) groups is 1.